The normalized spacial score (nSPS) is 28.4. The highest BCUT2D eigenvalue weighted by molar-refractivity contribution is 5.98. The van der Waals surface area contributed by atoms with Crippen LogP contribution < -0.4 is 4.74 Å². The summed E-state index contributed by atoms with van der Waals surface area (Å²) in [4.78, 5) is 15.1. The van der Waals surface area contributed by atoms with Crippen LogP contribution in [0.3, 0.4) is 0 Å². The Labute approximate surface area is 131 Å². The first-order valence-corrected chi connectivity index (χ1v) is 8.28. The zero-order chi connectivity index (χ0) is 15.7. The molecule has 1 aromatic carbocycles. The van der Waals surface area contributed by atoms with Crippen molar-refractivity contribution in [2.24, 2.45) is 5.92 Å². The standard InChI is InChI=1S/C18H24FNO2/c1-3-22-15-7-8-16(17(19)11-15)18(21)12-9-13-5-4-6-14(10-12)20(13)2/h7-8,11-14H,3-6,9-10H2,1-2H3. The molecule has 0 saturated carbocycles. The van der Waals surface area contributed by atoms with Gasteiger partial charge in [0.25, 0.3) is 0 Å². The molecule has 2 heterocycles. The minimum absolute atomic E-state index is 0.0365. The molecule has 0 spiro atoms. The quantitative estimate of drug-likeness (QED) is 0.795. The van der Waals surface area contributed by atoms with Gasteiger partial charge in [-0.1, -0.05) is 6.42 Å². The second-order valence-electron chi connectivity index (χ2n) is 6.51. The van der Waals surface area contributed by atoms with E-state index in [1.54, 1.807) is 12.1 Å². The first kappa shape index (κ1) is 15.5. The van der Waals surface area contributed by atoms with Crippen LogP contribution >= 0.6 is 0 Å². The van der Waals surface area contributed by atoms with E-state index in [1.807, 2.05) is 6.92 Å². The summed E-state index contributed by atoms with van der Waals surface area (Å²) in [7, 11) is 2.16. The van der Waals surface area contributed by atoms with Gasteiger partial charge < -0.3 is 9.64 Å². The fraction of sp³-hybridized carbons (Fsp3) is 0.611. The zero-order valence-corrected chi connectivity index (χ0v) is 13.3. The van der Waals surface area contributed by atoms with E-state index in [9.17, 15) is 9.18 Å². The lowest BCUT2D eigenvalue weighted by Gasteiger charge is -2.46. The van der Waals surface area contributed by atoms with Crippen LogP contribution in [0, 0.1) is 11.7 Å². The van der Waals surface area contributed by atoms with Gasteiger partial charge in [0.2, 0.25) is 0 Å². The van der Waals surface area contributed by atoms with E-state index in [-0.39, 0.29) is 17.3 Å². The van der Waals surface area contributed by atoms with E-state index in [1.165, 1.54) is 12.5 Å². The van der Waals surface area contributed by atoms with E-state index < -0.39 is 5.82 Å². The largest absolute Gasteiger partial charge is 0.494 e. The van der Waals surface area contributed by atoms with E-state index in [0.29, 0.717) is 24.4 Å². The van der Waals surface area contributed by atoms with E-state index in [2.05, 4.69) is 11.9 Å². The minimum atomic E-state index is -0.458. The molecule has 4 heteroatoms. The van der Waals surface area contributed by atoms with Crippen molar-refractivity contribution in [2.45, 2.75) is 51.1 Å². The number of ketones is 1. The molecule has 2 fully saturated rings. The minimum Gasteiger partial charge on any atom is -0.494 e. The molecular weight excluding hydrogens is 281 g/mol. The molecule has 0 amide bonds. The Morgan fingerprint density at radius 1 is 1.32 bits per heavy atom. The second kappa shape index (κ2) is 6.37. The molecule has 2 saturated heterocycles. The van der Waals surface area contributed by atoms with Crippen molar-refractivity contribution in [3.63, 3.8) is 0 Å². The number of hydrogen-bond acceptors (Lipinski definition) is 3. The molecule has 120 valence electrons. The Hall–Kier alpha value is -1.42. The first-order valence-electron chi connectivity index (χ1n) is 8.28. The predicted octanol–water partition coefficient (Wildman–Crippen LogP) is 3.67. The van der Waals surface area contributed by atoms with Gasteiger partial charge in [-0.2, -0.15) is 0 Å². The van der Waals surface area contributed by atoms with Crippen molar-refractivity contribution in [1.29, 1.82) is 0 Å². The van der Waals surface area contributed by atoms with Crippen LogP contribution in [-0.2, 0) is 0 Å². The average Bonchev–Trinajstić information content (AvgIpc) is 2.47. The monoisotopic (exact) mass is 305 g/mol. The number of carbonyl (C=O) groups excluding carboxylic acids is 1. The van der Waals surface area contributed by atoms with Gasteiger partial charge in [-0.25, -0.2) is 4.39 Å². The summed E-state index contributed by atoms with van der Waals surface area (Å²) in [5.41, 5.74) is 0.219. The summed E-state index contributed by atoms with van der Waals surface area (Å²) < 4.78 is 19.5. The topological polar surface area (TPSA) is 29.5 Å². The number of rotatable bonds is 4. The van der Waals surface area contributed by atoms with Gasteiger partial charge in [0.05, 0.1) is 12.2 Å². The van der Waals surface area contributed by atoms with Gasteiger partial charge in [-0.05, 0) is 51.8 Å². The highest BCUT2D eigenvalue weighted by Crippen LogP contribution is 2.37. The Morgan fingerprint density at radius 2 is 2.00 bits per heavy atom. The smallest absolute Gasteiger partial charge is 0.169 e. The Bertz CT molecular complexity index is 546. The van der Waals surface area contributed by atoms with Crippen molar-refractivity contribution >= 4 is 5.78 Å². The SMILES string of the molecule is CCOc1ccc(C(=O)C2CC3CCCC(C2)N3C)c(F)c1. The molecule has 2 atom stereocenters. The Morgan fingerprint density at radius 3 is 2.59 bits per heavy atom. The molecule has 2 aliphatic rings. The number of piperidine rings is 2. The number of halogens is 1. The maximum atomic E-state index is 14.2. The van der Waals surface area contributed by atoms with Gasteiger partial charge in [0, 0.05) is 24.1 Å². The van der Waals surface area contributed by atoms with Crippen LogP contribution in [-0.4, -0.2) is 36.4 Å². The van der Waals surface area contributed by atoms with E-state index in [0.717, 1.165) is 25.7 Å². The van der Waals surface area contributed by atoms with Crippen LogP contribution in [0.1, 0.15) is 49.4 Å². The third kappa shape index (κ3) is 2.89. The number of nitrogens with zero attached hydrogens (tertiary/aromatic N) is 1. The van der Waals surface area contributed by atoms with Gasteiger partial charge in [0.15, 0.2) is 5.78 Å². The lowest BCUT2D eigenvalue weighted by atomic mass is 9.76. The number of Topliss-reactive ketones (excluding diaryl/α,β-unsaturated/α-hetero) is 1. The molecule has 0 N–H and O–H groups in total. The van der Waals surface area contributed by atoms with Gasteiger partial charge in [-0.3, -0.25) is 4.79 Å². The highest BCUT2D eigenvalue weighted by Gasteiger charge is 2.39. The second-order valence-corrected chi connectivity index (χ2v) is 6.51. The van der Waals surface area contributed by atoms with Crippen molar-refractivity contribution in [3.05, 3.63) is 29.6 Å². The summed E-state index contributed by atoms with van der Waals surface area (Å²) in [6.45, 7) is 2.35. The zero-order valence-electron chi connectivity index (χ0n) is 13.3. The molecule has 2 aliphatic heterocycles. The molecular formula is C18H24FNO2. The summed E-state index contributed by atoms with van der Waals surface area (Å²) in [5.74, 6) is -0.0543. The summed E-state index contributed by atoms with van der Waals surface area (Å²) in [6, 6.07) is 5.55. The predicted molar refractivity (Wildman–Crippen MR) is 83.8 cm³/mol. The summed E-state index contributed by atoms with van der Waals surface area (Å²) in [5, 5.41) is 0. The number of benzene rings is 1. The maximum absolute atomic E-state index is 14.2. The third-order valence-electron chi connectivity index (χ3n) is 5.23. The van der Waals surface area contributed by atoms with E-state index in [4.69, 9.17) is 4.74 Å². The molecule has 3 nitrogen and oxygen atoms in total. The lowest BCUT2D eigenvalue weighted by molar-refractivity contribution is 0.0337. The molecule has 2 unspecified atom stereocenters. The van der Waals surface area contributed by atoms with Crippen LogP contribution in [0.5, 0.6) is 5.75 Å². The van der Waals surface area contributed by atoms with Crippen molar-refractivity contribution in [2.75, 3.05) is 13.7 Å². The lowest BCUT2D eigenvalue weighted by Crippen LogP contribution is -2.51. The molecule has 2 bridgehead atoms. The number of ether oxygens (including phenoxy) is 1. The highest BCUT2D eigenvalue weighted by atomic mass is 19.1. The third-order valence-corrected chi connectivity index (χ3v) is 5.23. The molecule has 1 aromatic rings. The van der Waals surface area contributed by atoms with Gasteiger partial charge in [-0.15, -0.1) is 0 Å². The molecule has 0 aromatic heterocycles. The average molecular weight is 305 g/mol. The molecule has 0 radical (unpaired) electrons. The number of carbonyl (C=O) groups is 1. The summed E-state index contributed by atoms with van der Waals surface area (Å²) >= 11 is 0. The van der Waals surface area contributed by atoms with Crippen LogP contribution in [0.25, 0.3) is 0 Å². The van der Waals surface area contributed by atoms with Crippen LogP contribution in [0.4, 0.5) is 4.39 Å². The van der Waals surface area contributed by atoms with Crippen molar-refractivity contribution in [1.82, 2.24) is 4.90 Å². The van der Waals surface area contributed by atoms with Crippen LogP contribution in [0.2, 0.25) is 0 Å². The molecule has 3 rings (SSSR count). The summed E-state index contributed by atoms with van der Waals surface area (Å²) in [6.07, 6.45) is 5.28. The fourth-order valence-electron chi connectivity index (χ4n) is 4.00. The van der Waals surface area contributed by atoms with E-state index >= 15 is 0 Å². The Balaban J connectivity index is 1.77. The Kier molecular flexibility index (Phi) is 4.48. The van der Waals surface area contributed by atoms with Crippen molar-refractivity contribution < 1.29 is 13.9 Å². The van der Waals surface area contributed by atoms with Gasteiger partial charge in [0.1, 0.15) is 11.6 Å². The van der Waals surface area contributed by atoms with Gasteiger partial charge >= 0.3 is 0 Å². The maximum Gasteiger partial charge on any atom is 0.169 e. The number of fused-ring (bicyclic) bond motifs is 2. The first-order chi connectivity index (χ1) is 10.6. The molecule has 0 aliphatic carbocycles. The molecule has 22 heavy (non-hydrogen) atoms. The van der Waals surface area contributed by atoms with Crippen molar-refractivity contribution in [3.8, 4) is 5.75 Å². The number of hydrogen-bond donors (Lipinski definition) is 0. The fourth-order valence-corrected chi connectivity index (χ4v) is 4.00. The van der Waals surface area contributed by atoms with Crippen LogP contribution in [0.15, 0.2) is 18.2 Å².